The molecule has 0 unspecified atom stereocenters. The number of carbonyl (C=O) groups is 1. The van der Waals surface area contributed by atoms with Gasteiger partial charge in [0.2, 0.25) is 0 Å². The maximum Gasteiger partial charge on any atom is 0.259 e. The Hall–Kier alpha value is -2.53. The fourth-order valence-electron chi connectivity index (χ4n) is 1.93. The average molecular weight is 332 g/mol. The Balaban J connectivity index is 1.84. The van der Waals surface area contributed by atoms with Crippen LogP contribution in [0.2, 0.25) is 5.02 Å². The van der Waals surface area contributed by atoms with E-state index in [2.05, 4.69) is 15.8 Å². The molecule has 0 spiro atoms. The van der Waals surface area contributed by atoms with Gasteiger partial charge in [-0.25, -0.2) is 5.43 Å². The highest BCUT2D eigenvalue weighted by Crippen LogP contribution is 2.24. The van der Waals surface area contributed by atoms with Crippen LogP contribution in [-0.2, 0) is 4.79 Å². The molecule has 2 aromatic carbocycles. The molecule has 5 nitrogen and oxygen atoms in total. The molecule has 0 aliphatic rings. The molecule has 2 N–H and O–H groups in total. The van der Waals surface area contributed by atoms with E-state index in [1.807, 2.05) is 31.2 Å². The van der Waals surface area contributed by atoms with Crippen molar-refractivity contribution in [2.24, 2.45) is 5.10 Å². The Morgan fingerprint density at radius 2 is 2.09 bits per heavy atom. The number of halogens is 1. The highest BCUT2D eigenvalue weighted by Gasteiger charge is 2.02. The van der Waals surface area contributed by atoms with Crippen LogP contribution in [0.3, 0.4) is 0 Å². The number of anilines is 1. The van der Waals surface area contributed by atoms with Gasteiger partial charge in [0.15, 0.2) is 0 Å². The molecule has 0 aliphatic carbocycles. The van der Waals surface area contributed by atoms with Crippen LogP contribution in [0, 0.1) is 6.92 Å². The van der Waals surface area contributed by atoms with E-state index in [9.17, 15) is 4.79 Å². The number of rotatable bonds is 6. The van der Waals surface area contributed by atoms with Crippen molar-refractivity contribution in [3.05, 3.63) is 58.6 Å². The number of amides is 1. The average Bonchev–Trinajstić information content (AvgIpc) is 2.54. The number of hydrazone groups is 1. The van der Waals surface area contributed by atoms with Gasteiger partial charge in [-0.2, -0.15) is 5.10 Å². The Labute approximate surface area is 140 Å². The number of nitrogens with one attached hydrogen (secondary N) is 2. The van der Waals surface area contributed by atoms with Crippen LogP contribution in [0.1, 0.15) is 11.1 Å². The summed E-state index contributed by atoms with van der Waals surface area (Å²) in [6, 6.07) is 13.0. The van der Waals surface area contributed by atoms with Crippen LogP contribution in [0.4, 0.5) is 5.69 Å². The van der Waals surface area contributed by atoms with Gasteiger partial charge in [-0.05, 0) is 42.3 Å². The Morgan fingerprint density at radius 3 is 2.78 bits per heavy atom. The summed E-state index contributed by atoms with van der Waals surface area (Å²) >= 11 is 6.02. The summed E-state index contributed by atoms with van der Waals surface area (Å²) in [6.07, 6.45) is 1.52. The molecule has 0 radical (unpaired) electrons. The van der Waals surface area contributed by atoms with Gasteiger partial charge in [0.1, 0.15) is 5.75 Å². The zero-order chi connectivity index (χ0) is 16.7. The lowest BCUT2D eigenvalue weighted by atomic mass is 10.2. The highest BCUT2D eigenvalue weighted by molar-refractivity contribution is 6.32. The third-order valence-corrected chi connectivity index (χ3v) is 3.46. The van der Waals surface area contributed by atoms with Crippen LogP contribution in [0.15, 0.2) is 47.6 Å². The first kappa shape index (κ1) is 16.8. The van der Waals surface area contributed by atoms with Crippen LogP contribution >= 0.6 is 11.6 Å². The normalized spacial score (nSPS) is 10.6. The van der Waals surface area contributed by atoms with E-state index in [0.29, 0.717) is 10.8 Å². The van der Waals surface area contributed by atoms with Crippen molar-refractivity contribution >= 4 is 29.4 Å². The first-order chi connectivity index (χ1) is 11.1. The predicted molar refractivity (Wildman–Crippen MR) is 93.4 cm³/mol. The molecule has 2 rings (SSSR count). The highest BCUT2D eigenvalue weighted by atomic mass is 35.5. The van der Waals surface area contributed by atoms with Crippen LogP contribution in [0.5, 0.6) is 5.75 Å². The van der Waals surface area contributed by atoms with Crippen LogP contribution < -0.4 is 15.5 Å². The number of hydrogen-bond acceptors (Lipinski definition) is 4. The van der Waals surface area contributed by atoms with Gasteiger partial charge in [0.25, 0.3) is 5.91 Å². The molecule has 0 bridgehead atoms. The monoisotopic (exact) mass is 331 g/mol. The second-order valence-corrected chi connectivity index (χ2v) is 5.26. The van der Waals surface area contributed by atoms with Crippen LogP contribution in [0.25, 0.3) is 0 Å². The van der Waals surface area contributed by atoms with Crippen molar-refractivity contribution in [1.29, 1.82) is 0 Å². The van der Waals surface area contributed by atoms with Gasteiger partial charge in [-0.3, -0.25) is 4.79 Å². The number of aryl methyl sites for hydroxylation is 1. The molecule has 2 aromatic rings. The fourth-order valence-corrected chi connectivity index (χ4v) is 2.19. The first-order valence-corrected chi connectivity index (χ1v) is 7.43. The summed E-state index contributed by atoms with van der Waals surface area (Å²) in [5.74, 6) is 0.361. The largest absolute Gasteiger partial charge is 0.495 e. The Kier molecular flexibility index (Phi) is 6.00. The molecule has 6 heteroatoms. The maximum atomic E-state index is 11.8. The molecule has 0 saturated heterocycles. The molecule has 23 heavy (non-hydrogen) atoms. The number of benzene rings is 2. The van der Waals surface area contributed by atoms with Crippen molar-refractivity contribution in [2.45, 2.75) is 6.92 Å². The van der Waals surface area contributed by atoms with Gasteiger partial charge in [0.05, 0.1) is 24.9 Å². The van der Waals surface area contributed by atoms with E-state index in [1.165, 1.54) is 6.21 Å². The number of ether oxygens (including phenoxy) is 1. The van der Waals surface area contributed by atoms with E-state index in [0.717, 1.165) is 16.8 Å². The van der Waals surface area contributed by atoms with Crippen molar-refractivity contribution in [3.63, 3.8) is 0 Å². The standard InChI is InChI=1S/C17H18ClN3O2/c1-12-5-3-4-6-15(12)19-11-17(22)21-20-10-13-7-8-16(23-2)14(18)9-13/h3-10,19H,11H2,1-2H3,(H,21,22)/b20-10+. The smallest absolute Gasteiger partial charge is 0.259 e. The van der Waals surface area contributed by atoms with Gasteiger partial charge in [0, 0.05) is 5.69 Å². The van der Waals surface area contributed by atoms with E-state index >= 15 is 0 Å². The molecular formula is C17H18ClN3O2. The van der Waals surface area contributed by atoms with Gasteiger partial charge < -0.3 is 10.1 Å². The quantitative estimate of drug-likeness (QED) is 0.631. The summed E-state index contributed by atoms with van der Waals surface area (Å²) in [5.41, 5.74) is 5.23. The molecule has 0 heterocycles. The number of para-hydroxylation sites is 1. The second kappa shape index (κ2) is 8.19. The van der Waals surface area contributed by atoms with Gasteiger partial charge in [-0.15, -0.1) is 0 Å². The first-order valence-electron chi connectivity index (χ1n) is 7.05. The second-order valence-electron chi connectivity index (χ2n) is 4.86. The summed E-state index contributed by atoms with van der Waals surface area (Å²) in [6.45, 7) is 2.12. The molecule has 0 atom stereocenters. The van der Waals surface area contributed by atoms with Gasteiger partial charge in [-0.1, -0.05) is 29.8 Å². The zero-order valence-electron chi connectivity index (χ0n) is 13.0. The summed E-state index contributed by atoms with van der Waals surface area (Å²) in [7, 11) is 1.55. The summed E-state index contributed by atoms with van der Waals surface area (Å²) in [5, 5.41) is 7.46. The number of nitrogens with zero attached hydrogens (tertiary/aromatic N) is 1. The van der Waals surface area contributed by atoms with E-state index in [4.69, 9.17) is 16.3 Å². The minimum atomic E-state index is -0.232. The molecule has 1 amide bonds. The SMILES string of the molecule is COc1ccc(/C=N/NC(=O)CNc2ccccc2C)cc1Cl. The topological polar surface area (TPSA) is 62.7 Å². The molecule has 120 valence electrons. The predicted octanol–water partition coefficient (Wildman–Crippen LogP) is 3.22. The number of methoxy groups -OCH3 is 1. The minimum absolute atomic E-state index is 0.144. The lowest BCUT2D eigenvalue weighted by molar-refractivity contribution is -0.119. The third kappa shape index (κ3) is 5.00. The van der Waals surface area contributed by atoms with Crippen molar-refractivity contribution in [2.75, 3.05) is 19.0 Å². The Morgan fingerprint density at radius 1 is 1.30 bits per heavy atom. The van der Waals surface area contributed by atoms with E-state index < -0.39 is 0 Å². The van der Waals surface area contributed by atoms with Crippen LogP contribution in [-0.4, -0.2) is 25.8 Å². The minimum Gasteiger partial charge on any atom is -0.495 e. The molecule has 0 saturated carbocycles. The zero-order valence-corrected chi connectivity index (χ0v) is 13.7. The van der Waals surface area contributed by atoms with Crippen molar-refractivity contribution in [3.8, 4) is 5.75 Å². The summed E-state index contributed by atoms with van der Waals surface area (Å²) in [4.78, 5) is 11.8. The van der Waals surface area contributed by atoms with E-state index in [1.54, 1.807) is 25.3 Å². The lowest BCUT2D eigenvalue weighted by Crippen LogP contribution is -2.26. The fraction of sp³-hybridized carbons (Fsp3) is 0.176. The third-order valence-electron chi connectivity index (χ3n) is 3.16. The van der Waals surface area contributed by atoms with Crippen molar-refractivity contribution in [1.82, 2.24) is 5.43 Å². The van der Waals surface area contributed by atoms with E-state index in [-0.39, 0.29) is 12.5 Å². The lowest BCUT2D eigenvalue weighted by Gasteiger charge is -2.07. The Bertz CT molecular complexity index is 717. The molecule has 0 fully saturated rings. The van der Waals surface area contributed by atoms with Gasteiger partial charge >= 0.3 is 0 Å². The number of hydrogen-bond donors (Lipinski definition) is 2. The molecule has 0 aromatic heterocycles. The molecule has 0 aliphatic heterocycles. The number of carbonyl (C=O) groups excluding carboxylic acids is 1. The maximum absolute atomic E-state index is 11.8. The summed E-state index contributed by atoms with van der Waals surface area (Å²) < 4.78 is 5.07. The molecular weight excluding hydrogens is 314 g/mol. The van der Waals surface area contributed by atoms with Crippen molar-refractivity contribution < 1.29 is 9.53 Å².